The van der Waals surface area contributed by atoms with Crippen LogP contribution in [0.4, 0.5) is 5.69 Å². The summed E-state index contributed by atoms with van der Waals surface area (Å²) in [5, 5.41) is 21.2. The summed E-state index contributed by atoms with van der Waals surface area (Å²) in [6.45, 7) is 3.81. The SMILES string of the molecule is COc1cc2c(c(O)c1OC)N(C(C)=O)C1CCC3(CCO)CCCN4CCC21C43. The molecule has 1 aromatic rings. The standard InChI is InChI=1S/C23H32N2O5/c1-14(27)25-17-5-7-22(9-12-26)6-4-10-24-11-8-23(17,21(22)24)15-13-16(29-2)20(30-3)19(28)18(15)25/h13,17,21,26,28H,4-12H2,1-3H3. The van der Waals surface area contributed by atoms with E-state index in [4.69, 9.17) is 9.47 Å². The monoisotopic (exact) mass is 416 g/mol. The summed E-state index contributed by atoms with van der Waals surface area (Å²) in [5.41, 5.74) is 1.39. The summed E-state index contributed by atoms with van der Waals surface area (Å²) in [6, 6.07) is 2.26. The molecule has 3 aliphatic heterocycles. The average Bonchev–Trinajstić information content (AvgIpc) is 3.26. The molecule has 2 N–H and O–H groups in total. The Bertz CT molecular complexity index is 885. The second-order valence-electron chi connectivity index (χ2n) is 9.47. The largest absolute Gasteiger partial charge is 0.503 e. The van der Waals surface area contributed by atoms with Crippen LogP contribution in [0.1, 0.15) is 51.0 Å². The van der Waals surface area contributed by atoms with Gasteiger partial charge < -0.3 is 24.6 Å². The third kappa shape index (κ3) is 2.25. The molecule has 2 saturated heterocycles. The molecule has 164 valence electrons. The van der Waals surface area contributed by atoms with Crippen LogP contribution in [-0.4, -0.2) is 67.0 Å². The van der Waals surface area contributed by atoms with Crippen molar-refractivity contribution in [3.8, 4) is 17.2 Å². The quantitative estimate of drug-likeness (QED) is 0.785. The Hall–Kier alpha value is -1.99. The summed E-state index contributed by atoms with van der Waals surface area (Å²) in [4.78, 5) is 17.3. The van der Waals surface area contributed by atoms with Crippen LogP contribution in [-0.2, 0) is 10.2 Å². The first-order valence-electron chi connectivity index (χ1n) is 11.1. The van der Waals surface area contributed by atoms with Gasteiger partial charge in [0.25, 0.3) is 0 Å². The van der Waals surface area contributed by atoms with E-state index in [1.165, 1.54) is 7.11 Å². The number of nitrogens with zero attached hydrogens (tertiary/aromatic N) is 2. The number of amides is 1. The van der Waals surface area contributed by atoms with Crippen molar-refractivity contribution in [1.29, 1.82) is 0 Å². The van der Waals surface area contributed by atoms with Gasteiger partial charge in [0.15, 0.2) is 11.5 Å². The molecule has 1 spiro atoms. The smallest absolute Gasteiger partial charge is 0.224 e. The predicted molar refractivity (Wildman–Crippen MR) is 112 cm³/mol. The number of aliphatic hydroxyl groups is 1. The Morgan fingerprint density at radius 1 is 1.23 bits per heavy atom. The number of hydrogen-bond donors (Lipinski definition) is 2. The molecular formula is C23H32N2O5. The lowest BCUT2D eigenvalue weighted by atomic mass is 9.52. The second kappa shape index (κ2) is 6.76. The third-order valence-electron chi connectivity index (χ3n) is 8.50. The van der Waals surface area contributed by atoms with Gasteiger partial charge in [0.05, 0.1) is 19.9 Å². The number of aliphatic hydroxyl groups excluding tert-OH is 1. The molecule has 5 rings (SSSR count). The van der Waals surface area contributed by atoms with Gasteiger partial charge in [-0.3, -0.25) is 9.69 Å². The Morgan fingerprint density at radius 3 is 2.70 bits per heavy atom. The first-order chi connectivity index (χ1) is 14.4. The normalized spacial score (nSPS) is 34.3. The van der Waals surface area contributed by atoms with Gasteiger partial charge in [0, 0.05) is 31.0 Å². The van der Waals surface area contributed by atoms with E-state index < -0.39 is 0 Å². The lowest BCUT2D eigenvalue weighted by molar-refractivity contribution is -0.118. The van der Waals surface area contributed by atoms with E-state index >= 15 is 0 Å². The van der Waals surface area contributed by atoms with Gasteiger partial charge in [0.1, 0.15) is 0 Å². The topological polar surface area (TPSA) is 82.5 Å². The Morgan fingerprint density at radius 2 is 2.03 bits per heavy atom. The Kier molecular flexibility index (Phi) is 4.49. The summed E-state index contributed by atoms with van der Waals surface area (Å²) in [7, 11) is 3.09. The van der Waals surface area contributed by atoms with Gasteiger partial charge in [-0.2, -0.15) is 0 Å². The van der Waals surface area contributed by atoms with Crippen LogP contribution >= 0.6 is 0 Å². The number of carbonyl (C=O) groups excluding carboxylic acids is 1. The molecule has 1 aliphatic carbocycles. The van der Waals surface area contributed by atoms with Crippen molar-refractivity contribution in [3.05, 3.63) is 11.6 Å². The molecule has 4 atom stereocenters. The minimum Gasteiger partial charge on any atom is -0.503 e. The van der Waals surface area contributed by atoms with E-state index in [0.717, 1.165) is 57.2 Å². The number of benzene rings is 1. The highest BCUT2D eigenvalue weighted by Gasteiger charge is 2.69. The molecule has 3 fully saturated rings. The van der Waals surface area contributed by atoms with Crippen molar-refractivity contribution < 1.29 is 24.5 Å². The number of phenolic OH excluding ortho intramolecular Hbond substituents is 1. The molecule has 0 aromatic heterocycles. The molecule has 1 saturated carbocycles. The van der Waals surface area contributed by atoms with Crippen molar-refractivity contribution >= 4 is 11.6 Å². The number of hydrogen-bond acceptors (Lipinski definition) is 6. The summed E-state index contributed by atoms with van der Waals surface area (Å²) in [6.07, 6.45) is 5.87. The van der Waals surface area contributed by atoms with Crippen LogP contribution in [0.3, 0.4) is 0 Å². The number of anilines is 1. The molecule has 3 heterocycles. The maximum Gasteiger partial charge on any atom is 0.224 e. The van der Waals surface area contributed by atoms with Gasteiger partial charge in [-0.1, -0.05) is 0 Å². The van der Waals surface area contributed by atoms with Crippen molar-refractivity contribution in [2.45, 2.75) is 62.9 Å². The third-order valence-corrected chi connectivity index (χ3v) is 8.50. The molecule has 4 aliphatic rings. The van der Waals surface area contributed by atoms with E-state index in [1.807, 2.05) is 11.0 Å². The number of carbonyl (C=O) groups is 1. The number of methoxy groups -OCH3 is 2. The number of ether oxygens (including phenoxy) is 2. The lowest BCUT2D eigenvalue weighted by Crippen LogP contribution is -2.65. The van der Waals surface area contributed by atoms with Crippen LogP contribution in [0.5, 0.6) is 17.2 Å². The van der Waals surface area contributed by atoms with Crippen molar-refractivity contribution in [1.82, 2.24) is 4.90 Å². The Labute approximate surface area is 177 Å². The van der Waals surface area contributed by atoms with Crippen LogP contribution in [0.25, 0.3) is 0 Å². The minimum atomic E-state index is -0.258. The number of piperidine rings is 1. The molecule has 4 unspecified atom stereocenters. The molecule has 1 amide bonds. The molecule has 0 bridgehead atoms. The molecule has 30 heavy (non-hydrogen) atoms. The summed E-state index contributed by atoms with van der Waals surface area (Å²) < 4.78 is 11.0. The van der Waals surface area contributed by atoms with Gasteiger partial charge in [0.2, 0.25) is 11.7 Å². The van der Waals surface area contributed by atoms with E-state index in [1.54, 1.807) is 14.0 Å². The van der Waals surface area contributed by atoms with Crippen LogP contribution in [0.15, 0.2) is 6.07 Å². The van der Waals surface area contributed by atoms with Crippen molar-refractivity contribution in [3.63, 3.8) is 0 Å². The zero-order valence-electron chi connectivity index (χ0n) is 18.1. The van der Waals surface area contributed by atoms with Crippen molar-refractivity contribution in [2.24, 2.45) is 5.41 Å². The fraction of sp³-hybridized carbons (Fsp3) is 0.696. The highest BCUT2D eigenvalue weighted by molar-refractivity contribution is 5.99. The predicted octanol–water partition coefficient (Wildman–Crippen LogP) is 2.41. The van der Waals surface area contributed by atoms with E-state index in [9.17, 15) is 15.0 Å². The first-order valence-corrected chi connectivity index (χ1v) is 11.1. The summed E-state index contributed by atoms with van der Waals surface area (Å²) >= 11 is 0. The summed E-state index contributed by atoms with van der Waals surface area (Å²) in [5.74, 6) is 0.718. The van der Waals surface area contributed by atoms with Gasteiger partial charge >= 0.3 is 0 Å². The molecule has 1 aromatic carbocycles. The van der Waals surface area contributed by atoms with Gasteiger partial charge in [-0.15, -0.1) is 0 Å². The Balaban J connectivity index is 1.79. The van der Waals surface area contributed by atoms with E-state index in [-0.39, 0.29) is 46.9 Å². The van der Waals surface area contributed by atoms with Crippen LogP contribution in [0, 0.1) is 5.41 Å². The van der Waals surface area contributed by atoms with E-state index in [0.29, 0.717) is 11.4 Å². The average molecular weight is 417 g/mol. The maximum absolute atomic E-state index is 12.9. The highest BCUT2D eigenvalue weighted by Crippen LogP contribution is 2.68. The van der Waals surface area contributed by atoms with E-state index in [2.05, 4.69) is 4.90 Å². The fourth-order valence-corrected chi connectivity index (χ4v) is 7.69. The van der Waals surface area contributed by atoms with Crippen LogP contribution in [0.2, 0.25) is 0 Å². The molecule has 0 radical (unpaired) electrons. The van der Waals surface area contributed by atoms with Gasteiger partial charge in [-0.05, 0) is 68.7 Å². The zero-order chi connectivity index (χ0) is 21.3. The molecule has 7 heteroatoms. The number of rotatable bonds is 4. The molecular weight excluding hydrogens is 384 g/mol. The number of aromatic hydroxyl groups is 1. The second-order valence-corrected chi connectivity index (χ2v) is 9.47. The zero-order valence-corrected chi connectivity index (χ0v) is 18.1. The highest BCUT2D eigenvalue weighted by atomic mass is 16.5. The maximum atomic E-state index is 12.9. The minimum absolute atomic E-state index is 0.00663. The first kappa shape index (κ1) is 19.9. The molecule has 7 nitrogen and oxygen atoms in total. The lowest BCUT2D eigenvalue weighted by Gasteiger charge is -2.58. The number of fused-ring (bicyclic) bond motifs is 1. The number of phenols is 1. The van der Waals surface area contributed by atoms with Gasteiger partial charge in [-0.25, -0.2) is 0 Å². The van der Waals surface area contributed by atoms with Crippen LogP contribution < -0.4 is 14.4 Å². The van der Waals surface area contributed by atoms with Crippen molar-refractivity contribution in [2.75, 3.05) is 38.8 Å². The fourth-order valence-electron chi connectivity index (χ4n) is 7.69.